The summed E-state index contributed by atoms with van der Waals surface area (Å²) in [4.78, 5) is 22.8. The number of aliphatic carboxylic acids is 2. The Hall–Kier alpha value is -2.28. The van der Waals surface area contributed by atoms with E-state index < -0.39 is 11.9 Å². The highest BCUT2D eigenvalue weighted by Gasteiger charge is 2.18. The monoisotopic (exact) mass is 447 g/mol. The minimum absolute atomic E-state index is 0.296. The van der Waals surface area contributed by atoms with Crippen LogP contribution in [0.2, 0.25) is 5.02 Å². The van der Waals surface area contributed by atoms with Crippen LogP contribution in [0, 0.1) is 0 Å². The summed E-state index contributed by atoms with van der Waals surface area (Å²) in [7, 11) is 4.23. The third kappa shape index (κ3) is 7.52. The van der Waals surface area contributed by atoms with Gasteiger partial charge in [0.25, 0.3) is 0 Å². The van der Waals surface area contributed by atoms with Crippen molar-refractivity contribution in [3.63, 3.8) is 0 Å². The molecule has 30 heavy (non-hydrogen) atoms. The van der Waals surface area contributed by atoms with E-state index in [0.717, 1.165) is 23.7 Å². The fraction of sp³-hybridized carbons (Fsp3) is 0.304. The van der Waals surface area contributed by atoms with Crippen molar-refractivity contribution < 1.29 is 19.8 Å². The molecule has 1 aliphatic rings. The maximum absolute atomic E-state index is 9.64. The summed E-state index contributed by atoms with van der Waals surface area (Å²) in [6.07, 6.45) is 2.82. The van der Waals surface area contributed by atoms with Gasteiger partial charge in [-0.1, -0.05) is 48.0 Å². The van der Waals surface area contributed by atoms with Gasteiger partial charge in [-0.15, -0.1) is 11.8 Å². The lowest BCUT2D eigenvalue weighted by Crippen LogP contribution is -2.12. The van der Waals surface area contributed by atoms with Crippen LogP contribution in [-0.2, 0) is 15.3 Å². The molecule has 0 amide bonds. The molecule has 0 aliphatic carbocycles. The van der Waals surface area contributed by atoms with E-state index in [1.807, 2.05) is 17.8 Å². The maximum atomic E-state index is 9.64. The number of carboxylic acid groups (broad SMARTS) is 2. The number of benzene rings is 2. The molecule has 2 aromatic rings. The van der Waals surface area contributed by atoms with Crippen molar-refractivity contribution in [3.8, 4) is 0 Å². The standard InChI is InChI=1S/C19H20ClNS.C4H6O4/c1-21(2)11-5-8-17-16-7-4-3-6-14(16)13-22-19-12-15(20)9-10-18(17)19;5-3(6)1-2-4(7)8/h3-4,6-10,12H,5,11,13H2,1-2H3;1-2H2,(H,5,6)(H,7,8). The number of halogens is 1. The number of rotatable bonds is 6. The molecular formula is C23H26ClNO4S. The van der Waals surface area contributed by atoms with Crippen LogP contribution in [0.4, 0.5) is 0 Å². The van der Waals surface area contributed by atoms with Gasteiger partial charge >= 0.3 is 11.9 Å². The molecular weight excluding hydrogens is 422 g/mol. The topological polar surface area (TPSA) is 77.8 Å². The van der Waals surface area contributed by atoms with Gasteiger partial charge in [0.15, 0.2) is 0 Å². The summed E-state index contributed by atoms with van der Waals surface area (Å²) in [5.41, 5.74) is 5.40. The van der Waals surface area contributed by atoms with Crippen LogP contribution in [0.15, 0.2) is 53.4 Å². The summed E-state index contributed by atoms with van der Waals surface area (Å²) in [6, 6.07) is 15.0. The Morgan fingerprint density at radius 2 is 1.73 bits per heavy atom. The summed E-state index contributed by atoms with van der Waals surface area (Å²) >= 11 is 8.07. The molecule has 0 spiro atoms. The quantitative estimate of drug-likeness (QED) is 0.628. The molecule has 160 valence electrons. The molecule has 2 N–H and O–H groups in total. The first kappa shape index (κ1) is 24.0. The molecule has 0 atom stereocenters. The lowest BCUT2D eigenvalue weighted by molar-refractivity contribution is -0.143. The second-order valence-corrected chi connectivity index (χ2v) is 8.54. The van der Waals surface area contributed by atoms with Gasteiger partial charge in [0.05, 0.1) is 12.8 Å². The normalized spacial score (nSPS) is 13.7. The van der Waals surface area contributed by atoms with Gasteiger partial charge in [0, 0.05) is 22.2 Å². The Kier molecular flexibility index (Phi) is 9.43. The molecule has 2 aromatic carbocycles. The van der Waals surface area contributed by atoms with E-state index in [9.17, 15) is 9.59 Å². The Labute approximate surface area is 186 Å². The first-order chi connectivity index (χ1) is 14.3. The molecule has 0 radical (unpaired) electrons. The predicted octanol–water partition coefficient (Wildman–Crippen LogP) is 5.26. The van der Waals surface area contributed by atoms with E-state index in [0.29, 0.717) is 0 Å². The van der Waals surface area contributed by atoms with E-state index in [4.69, 9.17) is 21.8 Å². The van der Waals surface area contributed by atoms with Crippen molar-refractivity contribution in [1.29, 1.82) is 0 Å². The molecule has 0 aromatic heterocycles. The molecule has 5 nitrogen and oxygen atoms in total. The highest BCUT2D eigenvalue weighted by Crippen LogP contribution is 2.41. The summed E-state index contributed by atoms with van der Waals surface area (Å²) in [5.74, 6) is -1.16. The number of carbonyl (C=O) groups is 2. The van der Waals surface area contributed by atoms with Crippen molar-refractivity contribution in [3.05, 3.63) is 70.3 Å². The van der Waals surface area contributed by atoms with Crippen LogP contribution in [0.25, 0.3) is 5.57 Å². The van der Waals surface area contributed by atoms with Gasteiger partial charge in [0.1, 0.15) is 0 Å². The largest absolute Gasteiger partial charge is 0.481 e. The highest BCUT2D eigenvalue weighted by atomic mass is 35.5. The lowest BCUT2D eigenvalue weighted by Gasteiger charge is -2.13. The third-order valence-corrected chi connectivity index (χ3v) is 5.74. The van der Waals surface area contributed by atoms with Gasteiger partial charge in [-0.05, 0) is 54.9 Å². The van der Waals surface area contributed by atoms with Crippen molar-refractivity contribution in [2.24, 2.45) is 0 Å². The second kappa shape index (κ2) is 11.8. The van der Waals surface area contributed by atoms with E-state index in [2.05, 4.69) is 61.5 Å². The van der Waals surface area contributed by atoms with E-state index >= 15 is 0 Å². The minimum atomic E-state index is -1.08. The van der Waals surface area contributed by atoms with Crippen LogP contribution in [0.5, 0.6) is 0 Å². The first-order valence-electron chi connectivity index (χ1n) is 9.57. The number of thioether (sulfide) groups is 1. The molecule has 0 saturated carbocycles. The summed E-state index contributed by atoms with van der Waals surface area (Å²) < 4.78 is 0. The third-order valence-electron chi connectivity index (χ3n) is 4.40. The highest BCUT2D eigenvalue weighted by molar-refractivity contribution is 7.98. The van der Waals surface area contributed by atoms with E-state index in [1.54, 1.807) is 0 Å². The fourth-order valence-corrected chi connectivity index (χ4v) is 4.29. The zero-order valence-corrected chi connectivity index (χ0v) is 18.7. The van der Waals surface area contributed by atoms with Crippen LogP contribution in [-0.4, -0.2) is 47.7 Å². The smallest absolute Gasteiger partial charge is 0.303 e. The average molecular weight is 448 g/mol. The zero-order chi connectivity index (χ0) is 22.1. The van der Waals surface area contributed by atoms with Crippen LogP contribution >= 0.6 is 23.4 Å². The maximum Gasteiger partial charge on any atom is 0.303 e. The van der Waals surface area contributed by atoms with Crippen molar-refractivity contribution in [1.82, 2.24) is 4.90 Å². The number of nitrogens with zero attached hydrogens (tertiary/aromatic N) is 1. The molecule has 0 unspecified atom stereocenters. The molecule has 0 bridgehead atoms. The van der Waals surface area contributed by atoms with Crippen molar-refractivity contribution in [2.75, 3.05) is 20.6 Å². The SMILES string of the molecule is CN(C)CCC=C1c2ccccc2CSc2cc(Cl)ccc21.O=C(O)CCC(=O)O. The molecule has 0 saturated heterocycles. The average Bonchev–Trinajstić information content (AvgIpc) is 2.84. The van der Waals surface area contributed by atoms with E-state index in [-0.39, 0.29) is 12.8 Å². The van der Waals surface area contributed by atoms with Crippen molar-refractivity contribution in [2.45, 2.75) is 29.9 Å². The Bertz CT molecular complexity index is 913. The van der Waals surface area contributed by atoms with Gasteiger partial charge in [-0.25, -0.2) is 0 Å². The lowest BCUT2D eigenvalue weighted by atomic mass is 9.93. The Morgan fingerprint density at radius 1 is 1.07 bits per heavy atom. The Morgan fingerprint density at radius 3 is 2.37 bits per heavy atom. The molecule has 1 heterocycles. The van der Waals surface area contributed by atoms with Gasteiger partial charge in [-0.3, -0.25) is 9.59 Å². The number of fused-ring (bicyclic) bond motifs is 2. The van der Waals surface area contributed by atoms with Crippen molar-refractivity contribution >= 4 is 40.9 Å². The zero-order valence-electron chi connectivity index (χ0n) is 17.1. The first-order valence-corrected chi connectivity index (χ1v) is 10.9. The van der Waals surface area contributed by atoms with E-state index in [1.165, 1.54) is 27.2 Å². The molecule has 7 heteroatoms. The molecule has 3 rings (SSSR count). The van der Waals surface area contributed by atoms with Crippen LogP contribution < -0.4 is 0 Å². The van der Waals surface area contributed by atoms with Gasteiger partial charge < -0.3 is 15.1 Å². The summed E-state index contributed by atoms with van der Waals surface area (Å²) in [5, 5.41) is 16.6. The number of carboxylic acids is 2. The van der Waals surface area contributed by atoms with Crippen LogP contribution in [0.3, 0.4) is 0 Å². The van der Waals surface area contributed by atoms with Gasteiger partial charge in [-0.2, -0.15) is 0 Å². The predicted molar refractivity (Wildman–Crippen MR) is 122 cm³/mol. The molecule has 1 aliphatic heterocycles. The number of hydrogen-bond donors (Lipinski definition) is 2. The molecule has 0 fully saturated rings. The fourth-order valence-electron chi connectivity index (χ4n) is 2.95. The Balaban J connectivity index is 0.000000343. The number of hydrogen-bond acceptors (Lipinski definition) is 4. The van der Waals surface area contributed by atoms with Gasteiger partial charge in [0.2, 0.25) is 0 Å². The summed E-state index contributed by atoms with van der Waals surface area (Å²) in [6.45, 7) is 1.06. The van der Waals surface area contributed by atoms with Crippen LogP contribution in [0.1, 0.15) is 36.0 Å². The minimum Gasteiger partial charge on any atom is -0.481 e. The second-order valence-electron chi connectivity index (χ2n) is 7.08.